The van der Waals surface area contributed by atoms with Gasteiger partial charge in [0.1, 0.15) is 10.4 Å². The minimum absolute atomic E-state index is 0.0780. The van der Waals surface area contributed by atoms with Crippen molar-refractivity contribution in [3.05, 3.63) is 59.0 Å². The first-order chi connectivity index (χ1) is 13.5. The maximum Gasteiger partial charge on any atom is 0.266 e. The molecule has 28 heavy (non-hydrogen) atoms. The monoisotopic (exact) mass is 414 g/mol. The lowest BCUT2D eigenvalue weighted by atomic mass is 10.0. The Balaban J connectivity index is 1.72. The molecule has 6 nitrogen and oxygen atoms in total. The number of carbonyl (C=O) groups excluding carboxylic acids is 2. The van der Waals surface area contributed by atoms with Crippen LogP contribution in [-0.2, 0) is 16.0 Å². The number of nitrogens with zero attached hydrogens (tertiary/aromatic N) is 2. The molecule has 8 heteroatoms. The Hall–Kier alpha value is -2.45. The second-order valence-corrected chi connectivity index (χ2v) is 8.44. The normalized spacial score (nSPS) is 16.8. The van der Waals surface area contributed by atoms with Crippen LogP contribution in [-0.4, -0.2) is 43.6 Å². The second kappa shape index (κ2) is 9.16. The SMILES string of the molecule is CC(C)C(C(=O)NCCc1cnc[nH]1)N1C(=O)C(=Cc2ccccc2)SC1=S. The van der Waals surface area contributed by atoms with E-state index >= 15 is 0 Å². The van der Waals surface area contributed by atoms with Crippen molar-refractivity contribution in [2.75, 3.05) is 6.54 Å². The predicted molar refractivity (Wildman–Crippen MR) is 115 cm³/mol. The molecule has 0 spiro atoms. The van der Waals surface area contributed by atoms with Crippen molar-refractivity contribution in [3.63, 3.8) is 0 Å². The maximum absolute atomic E-state index is 13.0. The van der Waals surface area contributed by atoms with Crippen LogP contribution in [0.4, 0.5) is 0 Å². The summed E-state index contributed by atoms with van der Waals surface area (Å²) >= 11 is 6.67. The Bertz CT molecular complexity index is 879. The second-order valence-electron chi connectivity index (χ2n) is 6.77. The molecular formula is C20H22N4O2S2. The van der Waals surface area contributed by atoms with Gasteiger partial charge in [-0.2, -0.15) is 0 Å². The van der Waals surface area contributed by atoms with E-state index in [4.69, 9.17) is 12.2 Å². The van der Waals surface area contributed by atoms with Gasteiger partial charge in [0.05, 0.1) is 11.2 Å². The van der Waals surface area contributed by atoms with Crippen molar-refractivity contribution in [1.82, 2.24) is 20.2 Å². The van der Waals surface area contributed by atoms with Crippen molar-refractivity contribution in [3.8, 4) is 0 Å². The number of aromatic nitrogens is 2. The van der Waals surface area contributed by atoms with E-state index in [9.17, 15) is 9.59 Å². The number of hydrogen-bond donors (Lipinski definition) is 2. The molecule has 2 amide bonds. The van der Waals surface area contributed by atoms with Crippen LogP contribution in [0.15, 0.2) is 47.8 Å². The smallest absolute Gasteiger partial charge is 0.266 e. The number of imidazole rings is 1. The van der Waals surface area contributed by atoms with Crippen LogP contribution in [0.25, 0.3) is 6.08 Å². The van der Waals surface area contributed by atoms with Gasteiger partial charge in [-0.15, -0.1) is 0 Å². The van der Waals surface area contributed by atoms with Gasteiger partial charge in [0, 0.05) is 24.9 Å². The van der Waals surface area contributed by atoms with Gasteiger partial charge in [-0.05, 0) is 17.6 Å². The highest BCUT2D eigenvalue weighted by atomic mass is 32.2. The van der Waals surface area contributed by atoms with Crippen LogP contribution in [0.2, 0.25) is 0 Å². The molecule has 1 fully saturated rings. The van der Waals surface area contributed by atoms with Crippen molar-refractivity contribution >= 4 is 46.2 Å². The number of thioether (sulfide) groups is 1. The van der Waals surface area contributed by atoms with Crippen LogP contribution in [0.1, 0.15) is 25.1 Å². The number of amides is 2. The van der Waals surface area contributed by atoms with Gasteiger partial charge in [0.15, 0.2) is 0 Å². The van der Waals surface area contributed by atoms with E-state index in [-0.39, 0.29) is 17.7 Å². The number of benzene rings is 1. The Kier molecular flexibility index (Phi) is 6.64. The van der Waals surface area contributed by atoms with Gasteiger partial charge in [-0.3, -0.25) is 14.5 Å². The fourth-order valence-corrected chi connectivity index (χ4v) is 4.31. The van der Waals surface area contributed by atoms with E-state index in [2.05, 4.69) is 15.3 Å². The highest BCUT2D eigenvalue weighted by molar-refractivity contribution is 8.26. The third kappa shape index (κ3) is 4.69. The summed E-state index contributed by atoms with van der Waals surface area (Å²) in [6, 6.07) is 8.96. The number of nitrogens with one attached hydrogen (secondary N) is 2. The van der Waals surface area contributed by atoms with E-state index in [1.165, 1.54) is 16.7 Å². The summed E-state index contributed by atoms with van der Waals surface area (Å²) in [6.45, 7) is 4.29. The molecule has 1 atom stereocenters. The quantitative estimate of drug-likeness (QED) is 0.538. The van der Waals surface area contributed by atoms with Gasteiger partial charge in [-0.25, -0.2) is 4.98 Å². The Labute approximate surface area is 173 Å². The largest absolute Gasteiger partial charge is 0.354 e. The fraction of sp³-hybridized carbons (Fsp3) is 0.300. The zero-order valence-corrected chi connectivity index (χ0v) is 17.3. The van der Waals surface area contributed by atoms with Crippen molar-refractivity contribution in [1.29, 1.82) is 0 Å². The molecule has 1 unspecified atom stereocenters. The number of aromatic amines is 1. The Morgan fingerprint density at radius 2 is 2.11 bits per heavy atom. The molecule has 1 aliphatic rings. The summed E-state index contributed by atoms with van der Waals surface area (Å²) < 4.78 is 0.412. The van der Waals surface area contributed by atoms with Crippen LogP contribution in [0.3, 0.4) is 0 Å². The lowest BCUT2D eigenvalue weighted by Gasteiger charge is -2.28. The van der Waals surface area contributed by atoms with Crippen LogP contribution < -0.4 is 5.32 Å². The predicted octanol–water partition coefficient (Wildman–Crippen LogP) is 2.99. The molecule has 0 saturated carbocycles. The molecule has 1 aliphatic heterocycles. The maximum atomic E-state index is 13.0. The highest BCUT2D eigenvalue weighted by Gasteiger charge is 2.41. The van der Waals surface area contributed by atoms with Crippen LogP contribution in [0.5, 0.6) is 0 Å². The van der Waals surface area contributed by atoms with Crippen LogP contribution >= 0.6 is 24.0 Å². The molecule has 146 valence electrons. The Morgan fingerprint density at radius 1 is 1.36 bits per heavy atom. The van der Waals surface area contributed by atoms with Crippen LogP contribution in [0, 0.1) is 5.92 Å². The minimum Gasteiger partial charge on any atom is -0.354 e. The first-order valence-electron chi connectivity index (χ1n) is 9.04. The zero-order valence-electron chi connectivity index (χ0n) is 15.7. The number of rotatable bonds is 7. The zero-order chi connectivity index (χ0) is 20.1. The molecule has 0 bridgehead atoms. The lowest BCUT2D eigenvalue weighted by molar-refractivity contribution is -0.134. The summed E-state index contributed by atoms with van der Waals surface area (Å²) in [5.41, 5.74) is 1.87. The van der Waals surface area contributed by atoms with Gasteiger partial charge >= 0.3 is 0 Å². The highest BCUT2D eigenvalue weighted by Crippen LogP contribution is 2.35. The number of carbonyl (C=O) groups is 2. The summed E-state index contributed by atoms with van der Waals surface area (Å²) in [4.78, 5) is 34.8. The molecule has 0 aliphatic carbocycles. The summed E-state index contributed by atoms with van der Waals surface area (Å²) in [7, 11) is 0. The van der Waals surface area contributed by atoms with Gasteiger partial charge < -0.3 is 10.3 Å². The van der Waals surface area contributed by atoms with E-state index in [1.807, 2.05) is 50.3 Å². The summed E-state index contributed by atoms with van der Waals surface area (Å²) in [6.07, 6.45) is 5.78. The fourth-order valence-electron chi connectivity index (χ4n) is 2.98. The van der Waals surface area contributed by atoms with E-state index in [0.717, 1.165) is 11.3 Å². The summed E-state index contributed by atoms with van der Waals surface area (Å²) in [5.74, 6) is -0.501. The number of thiocarbonyl (C=S) groups is 1. The Morgan fingerprint density at radius 3 is 2.75 bits per heavy atom. The first-order valence-corrected chi connectivity index (χ1v) is 10.3. The van der Waals surface area contributed by atoms with Crippen molar-refractivity contribution in [2.45, 2.75) is 26.3 Å². The topological polar surface area (TPSA) is 78.1 Å². The molecular weight excluding hydrogens is 392 g/mol. The van der Waals surface area contributed by atoms with Crippen molar-refractivity contribution < 1.29 is 9.59 Å². The van der Waals surface area contributed by atoms with E-state index in [1.54, 1.807) is 12.5 Å². The molecule has 2 aromatic rings. The van der Waals surface area contributed by atoms with Crippen molar-refractivity contribution in [2.24, 2.45) is 5.92 Å². The van der Waals surface area contributed by atoms with E-state index < -0.39 is 6.04 Å². The molecule has 0 radical (unpaired) electrons. The molecule has 1 aromatic carbocycles. The van der Waals surface area contributed by atoms with Gasteiger partial charge in [-0.1, -0.05) is 68.2 Å². The standard InChI is InChI=1S/C20H22N4O2S2/c1-13(2)17(18(25)22-9-8-15-11-21-12-23-15)24-19(26)16(28-20(24)27)10-14-6-4-3-5-7-14/h3-7,10-13,17H,8-9H2,1-2H3,(H,21,23)(H,22,25). The third-order valence-corrected chi connectivity index (χ3v) is 5.68. The minimum atomic E-state index is -0.643. The molecule has 1 saturated heterocycles. The average molecular weight is 415 g/mol. The molecule has 1 aromatic heterocycles. The third-order valence-electron chi connectivity index (χ3n) is 4.35. The number of hydrogen-bond acceptors (Lipinski definition) is 5. The molecule has 2 N–H and O–H groups in total. The van der Waals surface area contributed by atoms with E-state index in [0.29, 0.717) is 22.2 Å². The molecule has 3 rings (SSSR count). The van der Waals surface area contributed by atoms with Gasteiger partial charge in [0.2, 0.25) is 5.91 Å². The summed E-state index contributed by atoms with van der Waals surface area (Å²) in [5, 5.41) is 2.92. The molecule has 2 heterocycles. The van der Waals surface area contributed by atoms with Gasteiger partial charge in [0.25, 0.3) is 5.91 Å². The number of H-pyrrole nitrogens is 1. The first kappa shape index (κ1) is 20.3. The average Bonchev–Trinajstić information content (AvgIpc) is 3.27. The lowest BCUT2D eigenvalue weighted by Crippen LogP contribution is -2.51.